The third-order valence-corrected chi connectivity index (χ3v) is 8.71. The van der Waals surface area contributed by atoms with Crippen LogP contribution in [0.4, 0.5) is 0 Å². The highest BCUT2D eigenvalue weighted by atomic mass is 127. The molecule has 0 aliphatic heterocycles. The van der Waals surface area contributed by atoms with Gasteiger partial charge in [-0.3, -0.25) is 0 Å². The van der Waals surface area contributed by atoms with E-state index < -0.39 is 0 Å². The van der Waals surface area contributed by atoms with Gasteiger partial charge in [0.1, 0.15) is 0 Å². The van der Waals surface area contributed by atoms with Crippen molar-refractivity contribution < 1.29 is 0 Å². The molecule has 3 rings (SSSR count). The minimum Gasteiger partial charge on any atom is -0.0826 e. The summed E-state index contributed by atoms with van der Waals surface area (Å²) in [5, 5.41) is 0.146. The molecule has 3 fully saturated rings. The molecule has 0 saturated heterocycles. The lowest BCUT2D eigenvalue weighted by Crippen LogP contribution is -2.40. The van der Waals surface area contributed by atoms with Crippen molar-refractivity contribution in [1.82, 2.24) is 0 Å². The van der Waals surface area contributed by atoms with E-state index in [1.807, 2.05) is 0 Å². The summed E-state index contributed by atoms with van der Waals surface area (Å²) in [6, 6.07) is 0. The molecule has 136 valence electrons. The van der Waals surface area contributed by atoms with Crippen molar-refractivity contribution in [2.45, 2.75) is 112 Å². The fourth-order valence-corrected chi connectivity index (χ4v) is 7.43. The number of halogens is 1. The molecule has 0 aromatic carbocycles. The van der Waals surface area contributed by atoms with Gasteiger partial charge in [-0.2, -0.15) is 0 Å². The molecular weight excluding hydrogens is 402 g/mol. The highest BCUT2D eigenvalue weighted by Crippen LogP contribution is 2.58. The first kappa shape index (κ1) is 19.6. The van der Waals surface area contributed by atoms with Crippen LogP contribution in [0, 0.1) is 23.7 Å². The summed E-state index contributed by atoms with van der Waals surface area (Å²) in [6.45, 7) is 2.47. The maximum absolute atomic E-state index is 7.33. The Kier molecular flexibility index (Phi) is 7.44. The summed E-state index contributed by atoms with van der Waals surface area (Å²) in [4.78, 5) is 0. The summed E-state index contributed by atoms with van der Waals surface area (Å²) in [7, 11) is 7.33. The van der Waals surface area contributed by atoms with Crippen LogP contribution in [-0.2, 0) is 0 Å². The van der Waals surface area contributed by atoms with Crippen molar-refractivity contribution in [2.24, 2.45) is 23.7 Å². The van der Waals surface area contributed by atoms with E-state index in [0.717, 1.165) is 27.6 Å². The molecule has 3 aliphatic rings. The Hall–Kier alpha value is 0.795. The van der Waals surface area contributed by atoms with Crippen LogP contribution in [0.25, 0.3) is 0 Å². The lowest BCUT2D eigenvalue weighted by atomic mass is 9.48. The highest BCUT2D eigenvalue weighted by molar-refractivity contribution is 14.1. The Labute approximate surface area is 166 Å². The molecule has 0 heterocycles. The van der Waals surface area contributed by atoms with Crippen molar-refractivity contribution in [1.29, 1.82) is 0 Å². The number of hydrogen-bond donors (Lipinski definition) is 0. The number of hydrogen-bond acceptors (Lipinski definition) is 0. The SMILES string of the molecule is [B]C1(C2C(C(C)I)CCCC3CCCCCCC32)CCCCCC1. The first-order valence-electron chi connectivity index (χ1n) is 11.0. The molecule has 0 N–H and O–H groups in total. The normalized spacial score (nSPS) is 39.6. The maximum Gasteiger partial charge on any atom is 0.0750 e. The Morgan fingerprint density at radius 2 is 1.38 bits per heavy atom. The average molecular weight is 440 g/mol. The van der Waals surface area contributed by atoms with Gasteiger partial charge in [-0.15, -0.1) is 0 Å². The van der Waals surface area contributed by atoms with Crippen molar-refractivity contribution in [2.75, 3.05) is 0 Å². The van der Waals surface area contributed by atoms with E-state index in [0.29, 0.717) is 0 Å². The highest BCUT2D eigenvalue weighted by Gasteiger charge is 2.47. The predicted octanol–water partition coefficient (Wildman–Crippen LogP) is 7.49. The average Bonchev–Trinajstić information content (AvgIpc) is 2.84. The largest absolute Gasteiger partial charge is 0.0826 e. The molecule has 5 unspecified atom stereocenters. The third-order valence-electron chi connectivity index (χ3n) is 7.79. The van der Waals surface area contributed by atoms with E-state index in [4.69, 9.17) is 7.85 Å². The second kappa shape index (κ2) is 9.13. The molecule has 3 saturated carbocycles. The number of fused-ring (bicyclic) bond motifs is 1. The van der Waals surface area contributed by atoms with Gasteiger partial charge in [0, 0.05) is 3.92 Å². The zero-order valence-electron chi connectivity index (χ0n) is 15.9. The first-order chi connectivity index (χ1) is 11.6. The summed E-state index contributed by atoms with van der Waals surface area (Å²) in [5.74, 6) is 3.58. The van der Waals surface area contributed by atoms with Crippen LogP contribution in [0.15, 0.2) is 0 Å². The fourth-order valence-electron chi connectivity index (χ4n) is 6.62. The van der Waals surface area contributed by atoms with Crippen LogP contribution in [0.3, 0.4) is 0 Å². The standard InChI is InChI=1S/C22H38BI/c1-17(24)19-14-10-12-18-11-6-2-3-7-13-20(18)21(19)22(23)15-8-4-5-9-16-22/h17-21H,2-16H2,1H3. The van der Waals surface area contributed by atoms with Crippen LogP contribution < -0.4 is 0 Å². The number of rotatable bonds is 2. The second-order valence-corrected chi connectivity index (χ2v) is 11.3. The summed E-state index contributed by atoms with van der Waals surface area (Å²) >= 11 is 2.73. The summed E-state index contributed by atoms with van der Waals surface area (Å²) in [6.07, 6.45) is 21.5. The van der Waals surface area contributed by atoms with Crippen LogP contribution in [0.5, 0.6) is 0 Å². The van der Waals surface area contributed by atoms with E-state index >= 15 is 0 Å². The molecule has 24 heavy (non-hydrogen) atoms. The Morgan fingerprint density at radius 3 is 2.04 bits per heavy atom. The van der Waals surface area contributed by atoms with Crippen molar-refractivity contribution >= 4 is 30.4 Å². The van der Waals surface area contributed by atoms with Crippen molar-refractivity contribution in [3.05, 3.63) is 0 Å². The van der Waals surface area contributed by atoms with Crippen LogP contribution in [0.2, 0.25) is 5.31 Å². The van der Waals surface area contributed by atoms with Gasteiger partial charge in [-0.05, 0) is 36.5 Å². The van der Waals surface area contributed by atoms with Gasteiger partial charge in [0.05, 0.1) is 7.85 Å². The molecule has 0 amide bonds. The van der Waals surface area contributed by atoms with Gasteiger partial charge in [0.25, 0.3) is 0 Å². The molecule has 0 bridgehead atoms. The molecule has 0 aromatic heterocycles. The van der Waals surface area contributed by atoms with Crippen LogP contribution >= 0.6 is 22.6 Å². The first-order valence-corrected chi connectivity index (χ1v) is 12.3. The molecule has 2 radical (unpaired) electrons. The van der Waals surface area contributed by atoms with Crippen molar-refractivity contribution in [3.63, 3.8) is 0 Å². The van der Waals surface area contributed by atoms with Gasteiger partial charge >= 0.3 is 0 Å². The van der Waals surface area contributed by atoms with E-state index in [1.165, 1.54) is 96.3 Å². The Morgan fingerprint density at radius 1 is 0.792 bits per heavy atom. The lowest BCUT2D eigenvalue weighted by Gasteiger charge is -2.49. The van der Waals surface area contributed by atoms with E-state index in [2.05, 4.69) is 29.5 Å². The molecule has 3 aliphatic carbocycles. The topological polar surface area (TPSA) is 0 Å². The molecule has 2 heteroatoms. The Bertz CT molecular complexity index is 372. The van der Waals surface area contributed by atoms with Gasteiger partial charge < -0.3 is 0 Å². The van der Waals surface area contributed by atoms with Crippen molar-refractivity contribution in [3.8, 4) is 0 Å². The van der Waals surface area contributed by atoms with E-state index in [1.54, 1.807) is 0 Å². The van der Waals surface area contributed by atoms with Gasteiger partial charge in [-0.1, -0.05) is 118 Å². The predicted molar refractivity (Wildman–Crippen MR) is 115 cm³/mol. The van der Waals surface area contributed by atoms with E-state index in [-0.39, 0.29) is 5.31 Å². The maximum atomic E-state index is 7.33. The molecule has 0 nitrogen and oxygen atoms in total. The zero-order valence-corrected chi connectivity index (χ0v) is 18.1. The second-order valence-electron chi connectivity index (χ2n) is 9.36. The lowest BCUT2D eigenvalue weighted by molar-refractivity contribution is 0.0940. The van der Waals surface area contributed by atoms with E-state index in [9.17, 15) is 0 Å². The van der Waals surface area contributed by atoms with Crippen LogP contribution in [-0.4, -0.2) is 11.8 Å². The summed E-state index contributed by atoms with van der Waals surface area (Å²) in [5.41, 5.74) is 0. The fraction of sp³-hybridized carbons (Fsp3) is 1.00. The molecule has 0 spiro atoms. The van der Waals surface area contributed by atoms with Crippen LogP contribution in [0.1, 0.15) is 103 Å². The number of alkyl halides is 1. The zero-order chi connectivity index (χ0) is 17.0. The minimum atomic E-state index is 0.146. The molecule has 0 aromatic rings. The molecular formula is C22H38BI. The van der Waals surface area contributed by atoms with Gasteiger partial charge in [0.15, 0.2) is 0 Å². The summed E-state index contributed by atoms with van der Waals surface area (Å²) < 4.78 is 0.778. The quantitative estimate of drug-likeness (QED) is 0.181. The van der Waals surface area contributed by atoms with Gasteiger partial charge in [-0.25, -0.2) is 0 Å². The molecule has 5 atom stereocenters. The minimum absolute atomic E-state index is 0.146. The smallest absolute Gasteiger partial charge is 0.0750 e. The monoisotopic (exact) mass is 440 g/mol. The van der Waals surface area contributed by atoms with Gasteiger partial charge in [0.2, 0.25) is 0 Å². The third kappa shape index (κ3) is 4.55. The Balaban J connectivity index is 1.92.